The Morgan fingerprint density at radius 3 is 2.04 bits per heavy atom. The highest BCUT2D eigenvalue weighted by molar-refractivity contribution is 6.17. The normalized spacial score (nSPS) is 19.9. The van der Waals surface area contributed by atoms with Crippen molar-refractivity contribution < 1.29 is 9.59 Å². The molecule has 2 aliphatic rings. The van der Waals surface area contributed by atoms with Crippen LogP contribution in [0.5, 0.6) is 0 Å². The third-order valence-electron chi connectivity index (χ3n) is 4.73. The number of rotatable bonds is 5. The number of halogens is 1. The number of imide groups is 1. The van der Waals surface area contributed by atoms with Crippen molar-refractivity contribution in [1.29, 1.82) is 0 Å². The van der Waals surface area contributed by atoms with Gasteiger partial charge in [-0.25, -0.2) is 0 Å². The Labute approximate surface area is 148 Å². The summed E-state index contributed by atoms with van der Waals surface area (Å²) in [4.78, 5) is 30.1. The number of alkyl halides is 1. The zero-order valence-corrected chi connectivity index (χ0v) is 14.7. The number of hydrogen-bond donors (Lipinski definition) is 0. The Hall–Kier alpha value is -1.59. The maximum Gasteiger partial charge on any atom is 0.233 e. The molecule has 2 amide bonds. The molecule has 130 valence electrons. The molecule has 0 saturated carbocycles. The summed E-state index contributed by atoms with van der Waals surface area (Å²) in [5, 5.41) is 0. The Balaban J connectivity index is 1.61. The standard InChI is InChI=1S/C18H24ClN3O2/c19-9-2-10-20-11-13-21(14-12-20)15-5-7-16(8-6-15)22-17(23)3-1-4-18(22)24/h5-8H,1-4,9-14H2. The lowest BCUT2D eigenvalue weighted by Gasteiger charge is -2.36. The molecule has 0 unspecified atom stereocenters. The molecule has 0 bridgehead atoms. The van der Waals surface area contributed by atoms with Crippen LogP contribution in [0.15, 0.2) is 24.3 Å². The number of piperazine rings is 1. The predicted octanol–water partition coefficient (Wildman–Crippen LogP) is 2.48. The lowest BCUT2D eigenvalue weighted by atomic mass is 10.1. The van der Waals surface area contributed by atoms with Gasteiger partial charge >= 0.3 is 0 Å². The average Bonchev–Trinajstić information content (AvgIpc) is 2.61. The van der Waals surface area contributed by atoms with E-state index < -0.39 is 0 Å². The molecule has 0 spiro atoms. The van der Waals surface area contributed by atoms with Crippen LogP contribution in [0.4, 0.5) is 11.4 Å². The molecule has 2 heterocycles. The topological polar surface area (TPSA) is 43.9 Å². The van der Waals surface area contributed by atoms with E-state index in [9.17, 15) is 9.59 Å². The number of piperidine rings is 1. The van der Waals surface area contributed by atoms with Gasteiger partial charge in [0.1, 0.15) is 0 Å². The molecule has 1 aromatic rings. The summed E-state index contributed by atoms with van der Waals surface area (Å²) < 4.78 is 0. The molecule has 0 aromatic heterocycles. The van der Waals surface area contributed by atoms with Crippen molar-refractivity contribution in [3.05, 3.63) is 24.3 Å². The number of carbonyl (C=O) groups excluding carboxylic acids is 2. The van der Waals surface area contributed by atoms with Gasteiger partial charge in [0.2, 0.25) is 11.8 Å². The molecule has 3 rings (SSSR count). The molecule has 0 radical (unpaired) electrons. The van der Waals surface area contributed by atoms with Gasteiger partial charge in [-0.2, -0.15) is 0 Å². The van der Waals surface area contributed by atoms with Crippen LogP contribution in [0, 0.1) is 0 Å². The maximum atomic E-state index is 12.0. The fourth-order valence-electron chi connectivity index (χ4n) is 3.37. The molecular formula is C18H24ClN3O2. The fourth-order valence-corrected chi connectivity index (χ4v) is 3.49. The van der Waals surface area contributed by atoms with E-state index in [-0.39, 0.29) is 11.8 Å². The van der Waals surface area contributed by atoms with Crippen LogP contribution in [-0.2, 0) is 9.59 Å². The maximum absolute atomic E-state index is 12.0. The van der Waals surface area contributed by atoms with Gasteiger partial charge in [0, 0.05) is 50.6 Å². The third-order valence-corrected chi connectivity index (χ3v) is 5.00. The summed E-state index contributed by atoms with van der Waals surface area (Å²) >= 11 is 5.76. The van der Waals surface area contributed by atoms with Crippen molar-refractivity contribution in [3.8, 4) is 0 Å². The van der Waals surface area contributed by atoms with Crippen LogP contribution in [-0.4, -0.2) is 55.3 Å². The number of nitrogens with zero attached hydrogens (tertiary/aromatic N) is 3. The van der Waals surface area contributed by atoms with Crippen LogP contribution < -0.4 is 9.80 Å². The molecule has 2 fully saturated rings. The third kappa shape index (κ3) is 3.90. The van der Waals surface area contributed by atoms with Gasteiger partial charge in [0.15, 0.2) is 0 Å². The van der Waals surface area contributed by atoms with Gasteiger partial charge in [-0.05, 0) is 43.7 Å². The van der Waals surface area contributed by atoms with Crippen LogP contribution in [0.1, 0.15) is 25.7 Å². The average molecular weight is 350 g/mol. The molecule has 0 aliphatic carbocycles. The van der Waals surface area contributed by atoms with E-state index in [4.69, 9.17) is 11.6 Å². The lowest BCUT2D eigenvalue weighted by Crippen LogP contribution is -2.46. The van der Waals surface area contributed by atoms with Crippen molar-refractivity contribution in [1.82, 2.24) is 4.90 Å². The van der Waals surface area contributed by atoms with E-state index in [0.717, 1.165) is 50.7 Å². The second-order valence-electron chi connectivity index (χ2n) is 6.36. The van der Waals surface area contributed by atoms with E-state index in [0.29, 0.717) is 24.9 Å². The molecule has 2 saturated heterocycles. The molecule has 6 heteroatoms. The van der Waals surface area contributed by atoms with Crippen LogP contribution >= 0.6 is 11.6 Å². The Kier molecular flexibility index (Phi) is 5.74. The first-order valence-electron chi connectivity index (χ1n) is 8.68. The molecule has 0 N–H and O–H groups in total. The number of hydrogen-bond acceptors (Lipinski definition) is 4. The highest BCUT2D eigenvalue weighted by Crippen LogP contribution is 2.25. The quantitative estimate of drug-likeness (QED) is 0.605. The molecule has 2 aliphatic heterocycles. The Morgan fingerprint density at radius 2 is 1.46 bits per heavy atom. The van der Waals surface area contributed by atoms with E-state index >= 15 is 0 Å². The number of carbonyl (C=O) groups is 2. The summed E-state index contributed by atoms with van der Waals surface area (Å²) in [5.74, 6) is 0.536. The highest BCUT2D eigenvalue weighted by Gasteiger charge is 2.27. The van der Waals surface area contributed by atoms with Crippen molar-refractivity contribution in [2.45, 2.75) is 25.7 Å². The predicted molar refractivity (Wildman–Crippen MR) is 96.8 cm³/mol. The van der Waals surface area contributed by atoms with Gasteiger partial charge in [-0.1, -0.05) is 0 Å². The first-order valence-corrected chi connectivity index (χ1v) is 9.21. The minimum Gasteiger partial charge on any atom is -0.369 e. The van der Waals surface area contributed by atoms with Gasteiger partial charge in [0.05, 0.1) is 5.69 Å². The van der Waals surface area contributed by atoms with Gasteiger partial charge < -0.3 is 4.90 Å². The van der Waals surface area contributed by atoms with Crippen molar-refractivity contribution in [2.75, 3.05) is 48.4 Å². The van der Waals surface area contributed by atoms with E-state index in [1.807, 2.05) is 24.3 Å². The first kappa shape index (κ1) is 17.2. The zero-order valence-electron chi connectivity index (χ0n) is 13.9. The SMILES string of the molecule is O=C1CCCC(=O)N1c1ccc(N2CCN(CCCCl)CC2)cc1. The zero-order chi connectivity index (χ0) is 16.9. The molecule has 1 aromatic carbocycles. The van der Waals surface area contributed by atoms with Crippen LogP contribution in [0.25, 0.3) is 0 Å². The van der Waals surface area contributed by atoms with Crippen LogP contribution in [0.3, 0.4) is 0 Å². The highest BCUT2D eigenvalue weighted by atomic mass is 35.5. The van der Waals surface area contributed by atoms with Crippen molar-refractivity contribution in [3.63, 3.8) is 0 Å². The van der Waals surface area contributed by atoms with Gasteiger partial charge in [-0.3, -0.25) is 19.4 Å². The number of benzene rings is 1. The summed E-state index contributed by atoms with van der Waals surface area (Å²) in [6.45, 7) is 5.13. The fraction of sp³-hybridized carbons (Fsp3) is 0.556. The molecular weight excluding hydrogens is 326 g/mol. The summed E-state index contributed by atoms with van der Waals surface area (Å²) in [5.41, 5.74) is 1.84. The van der Waals surface area contributed by atoms with E-state index in [1.165, 1.54) is 4.90 Å². The second kappa shape index (κ2) is 7.99. The van der Waals surface area contributed by atoms with Gasteiger partial charge in [-0.15, -0.1) is 11.6 Å². The lowest BCUT2D eigenvalue weighted by molar-refractivity contribution is -0.129. The molecule has 5 nitrogen and oxygen atoms in total. The van der Waals surface area contributed by atoms with E-state index in [1.54, 1.807) is 0 Å². The minimum absolute atomic E-state index is 0.0908. The summed E-state index contributed by atoms with van der Waals surface area (Å²) in [6.07, 6.45) is 2.61. The van der Waals surface area contributed by atoms with Crippen molar-refractivity contribution in [2.24, 2.45) is 0 Å². The van der Waals surface area contributed by atoms with Crippen LogP contribution in [0.2, 0.25) is 0 Å². The second-order valence-corrected chi connectivity index (χ2v) is 6.74. The van der Waals surface area contributed by atoms with Gasteiger partial charge in [0.25, 0.3) is 0 Å². The Morgan fingerprint density at radius 1 is 0.875 bits per heavy atom. The smallest absolute Gasteiger partial charge is 0.233 e. The summed E-state index contributed by atoms with van der Waals surface area (Å²) in [6, 6.07) is 7.80. The largest absolute Gasteiger partial charge is 0.369 e. The van der Waals surface area contributed by atoms with Crippen molar-refractivity contribution >= 4 is 34.8 Å². The first-order chi connectivity index (χ1) is 11.7. The molecule has 0 atom stereocenters. The monoisotopic (exact) mass is 349 g/mol. The molecule has 24 heavy (non-hydrogen) atoms. The minimum atomic E-state index is -0.0908. The number of amides is 2. The summed E-state index contributed by atoms with van der Waals surface area (Å²) in [7, 11) is 0. The number of anilines is 2. The Bertz CT molecular complexity index is 566. The van der Waals surface area contributed by atoms with E-state index in [2.05, 4.69) is 9.80 Å².